The molecular formula is C14H18O5. The molecular weight excluding hydrogens is 248 g/mol. The monoisotopic (exact) mass is 266 g/mol. The van der Waals surface area contributed by atoms with Crippen LogP contribution in [0.5, 0.6) is 5.75 Å². The van der Waals surface area contributed by atoms with Gasteiger partial charge in [0.15, 0.2) is 5.41 Å². The molecule has 0 saturated heterocycles. The van der Waals surface area contributed by atoms with Gasteiger partial charge in [0.05, 0.1) is 7.11 Å². The number of aliphatic carboxylic acids is 2. The van der Waals surface area contributed by atoms with E-state index in [9.17, 15) is 9.59 Å². The van der Waals surface area contributed by atoms with Crippen LogP contribution in [0.1, 0.15) is 25.0 Å². The number of hydrogen-bond acceptors (Lipinski definition) is 3. The van der Waals surface area contributed by atoms with Crippen LogP contribution in [0.15, 0.2) is 18.2 Å². The quantitative estimate of drug-likeness (QED) is 0.769. The molecule has 0 heterocycles. The minimum absolute atomic E-state index is 0.116. The van der Waals surface area contributed by atoms with E-state index in [-0.39, 0.29) is 6.42 Å². The highest BCUT2D eigenvalue weighted by atomic mass is 16.5. The molecule has 5 nitrogen and oxygen atoms in total. The highest BCUT2D eigenvalue weighted by Crippen LogP contribution is 2.30. The predicted octanol–water partition coefficient (Wildman–Crippen LogP) is 1.98. The number of hydrogen-bond donors (Lipinski definition) is 2. The molecule has 0 saturated carbocycles. The molecule has 1 aromatic rings. The zero-order chi connectivity index (χ0) is 14.6. The topological polar surface area (TPSA) is 83.8 Å². The Morgan fingerprint density at radius 2 is 1.84 bits per heavy atom. The number of aryl methyl sites for hydroxylation is 1. The molecule has 1 aromatic carbocycles. The Balaban J connectivity index is 3.22. The molecule has 0 spiro atoms. The van der Waals surface area contributed by atoms with Gasteiger partial charge in [-0.25, -0.2) is 0 Å². The van der Waals surface area contributed by atoms with Gasteiger partial charge in [0.25, 0.3) is 0 Å². The Labute approximate surface area is 111 Å². The maximum atomic E-state index is 11.2. The number of methoxy groups -OCH3 is 1. The van der Waals surface area contributed by atoms with E-state index < -0.39 is 17.4 Å². The van der Waals surface area contributed by atoms with Crippen LogP contribution in [0.2, 0.25) is 0 Å². The summed E-state index contributed by atoms with van der Waals surface area (Å²) >= 11 is 0. The van der Waals surface area contributed by atoms with E-state index in [0.29, 0.717) is 11.3 Å². The third-order valence-electron chi connectivity index (χ3n) is 3.24. The second-order valence-electron chi connectivity index (χ2n) is 4.62. The maximum absolute atomic E-state index is 11.2. The fourth-order valence-electron chi connectivity index (χ4n) is 1.81. The molecule has 104 valence electrons. The third kappa shape index (κ3) is 3.05. The van der Waals surface area contributed by atoms with Crippen molar-refractivity contribution in [2.75, 3.05) is 7.11 Å². The second kappa shape index (κ2) is 5.73. The van der Waals surface area contributed by atoms with Crippen molar-refractivity contribution in [3.05, 3.63) is 29.3 Å². The van der Waals surface area contributed by atoms with Crippen molar-refractivity contribution < 1.29 is 24.5 Å². The molecule has 0 aromatic heterocycles. The number of carboxylic acid groups (broad SMARTS) is 2. The molecule has 0 fully saturated rings. The molecule has 1 rings (SSSR count). The van der Waals surface area contributed by atoms with Crippen LogP contribution in [-0.2, 0) is 22.4 Å². The Morgan fingerprint density at radius 3 is 2.26 bits per heavy atom. The highest BCUT2D eigenvalue weighted by molar-refractivity contribution is 5.98. The van der Waals surface area contributed by atoms with Gasteiger partial charge >= 0.3 is 11.9 Å². The minimum atomic E-state index is -1.86. The van der Waals surface area contributed by atoms with E-state index in [1.807, 2.05) is 13.0 Å². The average molecular weight is 266 g/mol. The summed E-state index contributed by atoms with van der Waals surface area (Å²) in [6.07, 6.45) is 0.669. The van der Waals surface area contributed by atoms with Gasteiger partial charge in [-0.2, -0.15) is 0 Å². The van der Waals surface area contributed by atoms with Crippen LogP contribution in [0, 0.1) is 5.41 Å². The Bertz CT molecular complexity index is 479. The van der Waals surface area contributed by atoms with Crippen molar-refractivity contribution in [2.24, 2.45) is 5.41 Å². The van der Waals surface area contributed by atoms with Crippen LogP contribution in [0.25, 0.3) is 0 Å². The normalized spacial score (nSPS) is 11.1. The van der Waals surface area contributed by atoms with E-state index in [4.69, 9.17) is 14.9 Å². The summed E-state index contributed by atoms with van der Waals surface area (Å²) in [5.41, 5.74) is -0.261. The number of benzene rings is 1. The zero-order valence-electron chi connectivity index (χ0n) is 11.3. The van der Waals surface area contributed by atoms with Gasteiger partial charge in [-0.15, -0.1) is 0 Å². The van der Waals surface area contributed by atoms with Crippen LogP contribution < -0.4 is 4.74 Å². The maximum Gasteiger partial charge on any atom is 0.321 e. The fourth-order valence-corrected chi connectivity index (χ4v) is 1.81. The number of rotatable bonds is 6. The summed E-state index contributed by atoms with van der Waals surface area (Å²) in [6, 6.07) is 5.41. The molecule has 0 aliphatic heterocycles. The Hall–Kier alpha value is -2.04. The first-order chi connectivity index (χ1) is 8.85. The highest BCUT2D eigenvalue weighted by Gasteiger charge is 2.42. The molecule has 0 radical (unpaired) electrons. The second-order valence-corrected chi connectivity index (χ2v) is 4.62. The molecule has 0 atom stereocenters. The van der Waals surface area contributed by atoms with Gasteiger partial charge in [-0.3, -0.25) is 9.59 Å². The molecule has 2 N–H and O–H groups in total. The first kappa shape index (κ1) is 15.0. The van der Waals surface area contributed by atoms with Crippen LogP contribution >= 0.6 is 0 Å². The first-order valence-electron chi connectivity index (χ1n) is 5.97. The van der Waals surface area contributed by atoms with Crippen molar-refractivity contribution >= 4 is 11.9 Å². The summed E-state index contributed by atoms with van der Waals surface area (Å²) < 4.78 is 5.16. The summed E-state index contributed by atoms with van der Waals surface area (Å²) in [7, 11) is 1.48. The van der Waals surface area contributed by atoms with Crippen LogP contribution in [0.3, 0.4) is 0 Å². The number of carboxylic acids is 2. The van der Waals surface area contributed by atoms with Crippen LogP contribution in [0.4, 0.5) is 0 Å². The van der Waals surface area contributed by atoms with Gasteiger partial charge in [0.2, 0.25) is 0 Å². The summed E-state index contributed by atoms with van der Waals surface area (Å²) in [5.74, 6) is -2.21. The van der Waals surface area contributed by atoms with E-state index in [2.05, 4.69) is 0 Å². The summed E-state index contributed by atoms with van der Waals surface area (Å²) in [6.45, 7) is 3.18. The molecule has 0 amide bonds. The molecule has 0 aliphatic rings. The number of carbonyl (C=O) groups is 2. The fraction of sp³-hybridized carbons (Fsp3) is 0.429. The van der Waals surface area contributed by atoms with Crippen molar-refractivity contribution in [1.29, 1.82) is 0 Å². The lowest BCUT2D eigenvalue weighted by atomic mass is 9.83. The van der Waals surface area contributed by atoms with Gasteiger partial charge in [-0.05, 0) is 30.5 Å². The summed E-state index contributed by atoms with van der Waals surface area (Å²) in [4.78, 5) is 22.4. The Morgan fingerprint density at radius 1 is 1.26 bits per heavy atom. The average Bonchev–Trinajstić information content (AvgIpc) is 2.37. The molecule has 5 heteroatoms. The van der Waals surface area contributed by atoms with Gasteiger partial charge < -0.3 is 14.9 Å². The third-order valence-corrected chi connectivity index (χ3v) is 3.24. The molecule has 0 unspecified atom stereocenters. The van der Waals surface area contributed by atoms with E-state index in [1.165, 1.54) is 14.0 Å². The lowest BCUT2D eigenvalue weighted by molar-refractivity contribution is -0.163. The van der Waals surface area contributed by atoms with Gasteiger partial charge in [-0.1, -0.05) is 19.1 Å². The smallest absolute Gasteiger partial charge is 0.321 e. The van der Waals surface area contributed by atoms with E-state index in [0.717, 1.165) is 12.0 Å². The Kier molecular flexibility index (Phi) is 4.53. The standard InChI is InChI=1S/C14H18O5/c1-4-9-5-6-11(19-3)10(7-9)8-14(2,12(15)16)13(17)18/h5-7H,4,8H2,1-3H3,(H,15,16)(H,17,18). The molecule has 19 heavy (non-hydrogen) atoms. The van der Waals surface area contributed by atoms with Crippen molar-refractivity contribution in [3.63, 3.8) is 0 Å². The van der Waals surface area contributed by atoms with Crippen LogP contribution in [-0.4, -0.2) is 29.3 Å². The van der Waals surface area contributed by atoms with E-state index in [1.54, 1.807) is 12.1 Å². The summed E-state index contributed by atoms with van der Waals surface area (Å²) in [5, 5.41) is 18.3. The largest absolute Gasteiger partial charge is 0.496 e. The predicted molar refractivity (Wildman–Crippen MR) is 69.5 cm³/mol. The lowest BCUT2D eigenvalue weighted by Crippen LogP contribution is -2.38. The number of ether oxygens (including phenoxy) is 1. The van der Waals surface area contributed by atoms with Gasteiger partial charge in [0, 0.05) is 6.42 Å². The van der Waals surface area contributed by atoms with Crippen molar-refractivity contribution in [3.8, 4) is 5.75 Å². The SMILES string of the molecule is CCc1ccc(OC)c(CC(C)(C(=O)O)C(=O)O)c1. The zero-order valence-corrected chi connectivity index (χ0v) is 11.3. The van der Waals surface area contributed by atoms with Crippen molar-refractivity contribution in [2.45, 2.75) is 26.7 Å². The lowest BCUT2D eigenvalue weighted by Gasteiger charge is -2.21. The van der Waals surface area contributed by atoms with Crippen molar-refractivity contribution in [1.82, 2.24) is 0 Å². The first-order valence-corrected chi connectivity index (χ1v) is 5.97. The molecule has 0 aliphatic carbocycles. The minimum Gasteiger partial charge on any atom is -0.496 e. The van der Waals surface area contributed by atoms with E-state index >= 15 is 0 Å². The molecule has 0 bridgehead atoms. The van der Waals surface area contributed by atoms with Gasteiger partial charge in [0.1, 0.15) is 5.75 Å².